The largest absolute Gasteiger partial charge is 0.419 e. The number of nitrogens with zero attached hydrogens (tertiary/aromatic N) is 2. The van der Waals surface area contributed by atoms with Gasteiger partial charge >= 0.3 is 6.18 Å². The maximum atomic E-state index is 14.4. The average Bonchev–Trinajstić information content (AvgIpc) is 3.28. The molecule has 39 heavy (non-hydrogen) atoms. The van der Waals surface area contributed by atoms with Gasteiger partial charge in [0.05, 0.1) is 28.0 Å². The van der Waals surface area contributed by atoms with E-state index in [1.165, 1.54) is 24.3 Å². The second-order valence-electron chi connectivity index (χ2n) is 10.8. The predicted molar refractivity (Wildman–Crippen MR) is 138 cm³/mol. The first-order valence-electron chi connectivity index (χ1n) is 13.3. The van der Waals surface area contributed by atoms with Gasteiger partial charge in [-0.1, -0.05) is 6.42 Å². The quantitative estimate of drug-likeness (QED) is 0.378. The van der Waals surface area contributed by atoms with E-state index >= 15 is 0 Å². The van der Waals surface area contributed by atoms with Crippen molar-refractivity contribution < 1.29 is 32.3 Å². The first-order valence-corrected chi connectivity index (χ1v) is 13.3. The Labute approximate surface area is 223 Å². The van der Waals surface area contributed by atoms with Crippen LogP contribution in [0.3, 0.4) is 0 Å². The number of aromatic nitrogens is 1. The van der Waals surface area contributed by atoms with Crippen molar-refractivity contribution in [2.24, 2.45) is 0 Å². The number of amides is 2. The Hall–Kier alpha value is -3.18. The minimum absolute atomic E-state index is 0.0184. The van der Waals surface area contributed by atoms with Crippen LogP contribution < -0.4 is 5.32 Å². The number of carbonyl (C=O) groups excluding carboxylic acids is 2. The molecule has 2 saturated heterocycles. The monoisotopic (exact) mass is 548 g/mol. The molecule has 3 aliphatic heterocycles. The Balaban J connectivity index is 1.43. The third kappa shape index (κ3) is 5.60. The summed E-state index contributed by atoms with van der Waals surface area (Å²) in [6.07, 6.45) is 0.661. The maximum absolute atomic E-state index is 14.4. The number of hydrogen-bond donors (Lipinski definition) is 3. The Bertz CT molecular complexity index is 1310. The highest BCUT2D eigenvalue weighted by Gasteiger charge is 2.43. The van der Waals surface area contributed by atoms with Crippen LogP contribution >= 0.6 is 0 Å². The number of β-amino-alcohol motifs (C(OH)–C–C–N with tert-alkyl or cyclic N) is 1. The van der Waals surface area contributed by atoms with Gasteiger partial charge in [0.25, 0.3) is 11.8 Å². The molecule has 1 atom stereocenters. The molecule has 7 nitrogen and oxygen atoms in total. The summed E-state index contributed by atoms with van der Waals surface area (Å²) in [5.74, 6) is -2.07. The number of aryl methyl sites for hydroxylation is 1. The summed E-state index contributed by atoms with van der Waals surface area (Å²) in [5, 5.41) is 13.8. The zero-order chi connectivity index (χ0) is 27.9. The number of anilines is 1. The van der Waals surface area contributed by atoms with E-state index in [9.17, 15) is 32.3 Å². The number of carbonyl (C=O) groups is 2. The van der Waals surface area contributed by atoms with E-state index in [1.54, 1.807) is 0 Å². The van der Waals surface area contributed by atoms with Crippen LogP contribution in [0.25, 0.3) is 11.6 Å². The molecule has 3 aliphatic rings. The predicted octanol–water partition coefficient (Wildman–Crippen LogP) is 4.82. The molecule has 4 heterocycles. The number of benzene rings is 1. The van der Waals surface area contributed by atoms with E-state index in [2.05, 4.69) is 15.2 Å². The molecular formula is C28H32F4N4O3. The van der Waals surface area contributed by atoms with Crippen molar-refractivity contribution in [1.82, 2.24) is 14.8 Å². The Morgan fingerprint density at radius 1 is 1.10 bits per heavy atom. The Morgan fingerprint density at radius 2 is 1.85 bits per heavy atom. The van der Waals surface area contributed by atoms with Crippen LogP contribution in [0.5, 0.6) is 0 Å². The van der Waals surface area contributed by atoms with E-state index < -0.39 is 46.2 Å². The van der Waals surface area contributed by atoms with Gasteiger partial charge < -0.3 is 25.2 Å². The van der Waals surface area contributed by atoms with Gasteiger partial charge in [0.15, 0.2) is 0 Å². The van der Waals surface area contributed by atoms with Crippen molar-refractivity contribution >= 4 is 29.2 Å². The summed E-state index contributed by atoms with van der Waals surface area (Å²) in [4.78, 5) is 32.3. The lowest BCUT2D eigenvalue weighted by Gasteiger charge is -2.35. The van der Waals surface area contributed by atoms with Crippen LogP contribution in [0.2, 0.25) is 0 Å². The number of aromatic amines is 1. The average molecular weight is 549 g/mol. The highest BCUT2D eigenvalue weighted by atomic mass is 19.4. The number of piperidine rings is 1. The van der Waals surface area contributed by atoms with Crippen molar-refractivity contribution in [2.45, 2.75) is 57.2 Å². The topological polar surface area (TPSA) is 88.7 Å². The van der Waals surface area contributed by atoms with Crippen LogP contribution in [0, 0.1) is 12.7 Å². The lowest BCUT2D eigenvalue weighted by Crippen LogP contribution is -2.45. The minimum Gasteiger partial charge on any atom is -0.388 e. The Morgan fingerprint density at radius 3 is 2.56 bits per heavy atom. The lowest BCUT2D eigenvalue weighted by molar-refractivity contribution is -0.138. The molecule has 0 bridgehead atoms. The molecule has 1 aromatic carbocycles. The number of hydrogen-bond acceptors (Lipinski definition) is 4. The molecule has 0 radical (unpaired) electrons. The third-order valence-corrected chi connectivity index (χ3v) is 7.94. The van der Waals surface area contributed by atoms with Crippen LogP contribution in [-0.4, -0.2) is 70.0 Å². The van der Waals surface area contributed by atoms with E-state index in [-0.39, 0.29) is 36.3 Å². The first kappa shape index (κ1) is 27.4. The fourth-order valence-electron chi connectivity index (χ4n) is 6.00. The second kappa shape index (κ2) is 10.4. The molecule has 2 amide bonds. The highest BCUT2D eigenvalue weighted by Crippen LogP contribution is 2.40. The molecule has 5 rings (SSSR count). The zero-order valence-corrected chi connectivity index (χ0v) is 21.8. The molecular weight excluding hydrogens is 516 g/mol. The van der Waals surface area contributed by atoms with Gasteiger partial charge in [0.1, 0.15) is 5.82 Å². The molecule has 0 aliphatic carbocycles. The third-order valence-electron chi connectivity index (χ3n) is 7.94. The maximum Gasteiger partial charge on any atom is 0.419 e. The van der Waals surface area contributed by atoms with Crippen molar-refractivity contribution in [3.05, 3.63) is 52.1 Å². The fraction of sp³-hybridized carbons (Fsp3) is 0.500. The van der Waals surface area contributed by atoms with Gasteiger partial charge in [-0.05, 0) is 76.4 Å². The van der Waals surface area contributed by atoms with Crippen molar-refractivity contribution in [2.75, 3.05) is 38.0 Å². The lowest BCUT2D eigenvalue weighted by atomic mass is 9.93. The van der Waals surface area contributed by atoms with Crippen LogP contribution in [0.1, 0.15) is 71.4 Å². The smallest absolute Gasteiger partial charge is 0.388 e. The molecule has 3 N–H and O–H groups in total. The second-order valence-corrected chi connectivity index (χ2v) is 10.8. The van der Waals surface area contributed by atoms with Crippen LogP contribution in [0.15, 0.2) is 18.2 Å². The molecule has 0 spiro atoms. The molecule has 210 valence electrons. The molecule has 1 unspecified atom stereocenters. The summed E-state index contributed by atoms with van der Waals surface area (Å²) < 4.78 is 57.1. The summed E-state index contributed by atoms with van der Waals surface area (Å²) in [6, 6.07) is 3.57. The van der Waals surface area contributed by atoms with Crippen LogP contribution in [0.4, 0.5) is 23.2 Å². The number of halogens is 4. The number of H-pyrrole nitrogens is 1. The van der Waals surface area contributed by atoms with Gasteiger partial charge in [0, 0.05) is 36.6 Å². The van der Waals surface area contributed by atoms with Gasteiger partial charge in [0.2, 0.25) is 0 Å². The summed E-state index contributed by atoms with van der Waals surface area (Å²) in [5.41, 5.74) is -2.78. The summed E-state index contributed by atoms with van der Waals surface area (Å²) in [6.45, 7) is 4.07. The minimum atomic E-state index is -4.90. The fourth-order valence-corrected chi connectivity index (χ4v) is 6.00. The van der Waals surface area contributed by atoms with Crippen molar-refractivity contribution in [1.29, 1.82) is 0 Å². The molecule has 11 heteroatoms. The molecule has 0 saturated carbocycles. The van der Waals surface area contributed by atoms with E-state index in [0.717, 1.165) is 44.1 Å². The molecule has 2 aromatic rings. The van der Waals surface area contributed by atoms with E-state index in [4.69, 9.17) is 0 Å². The number of fused-ring (bicyclic) bond motifs is 1. The van der Waals surface area contributed by atoms with Gasteiger partial charge in [-0.25, -0.2) is 4.39 Å². The van der Waals surface area contributed by atoms with Gasteiger partial charge in [-0.2, -0.15) is 13.2 Å². The number of rotatable bonds is 4. The van der Waals surface area contributed by atoms with E-state index in [1.807, 2.05) is 0 Å². The SMILES string of the molecule is Cc1[nH]c(/C=C2\C(=O)Nc3ccc(F)cc32)c(C(F)(F)F)c1C(=O)N1CCCC(O)(CN2CCCCC2)CC1. The van der Waals surface area contributed by atoms with Crippen molar-refractivity contribution in [3.63, 3.8) is 0 Å². The summed E-state index contributed by atoms with van der Waals surface area (Å²) in [7, 11) is 0. The number of aliphatic hydroxyl groups is 1. The normalized spacial score (nSPS) is 23.6. The van der Waals surface area contributed by atoms with Gasteiger partial charge in [-0.3, -0.25) is 9.59 Å². The number of nitrogens with one attached hydrogen (secondary N) is 2. The molecule has 1 aromatic heterocycles. The van der Waals surface area contributed by atoms with Crippen LogP contribution in [-0.2, 0) is 11.0 Å². The first-order chi connectivity index (χ1) is 18.4. The van der Waals surface area contributed by atoms with E-state index in [0.29, 0.717) is 25.1 Å². The Kier molecular flexibility index (Phi) is 7.32. The highest BCUT2D eigenvalue weighted by molar-refractivity contribution is 6.35. The standard InChI is InChI=1S/C28H32F4N4O3/c1-17-23(26(38)36-12-5-8-27(39,9-13-36)16-35-10-3-2-4-11-35)24(28(30,31)32)22(33-17)15-20-19-14-18(29)6-7-21(19)34-25(20)37/h6-7,14-15,33,39H,2-5,8-13,16H2,1H3,(H,34,37)/b20-15-. The van der Waals surface area contributed by atoms with Crippen molar-refractivity contribution in [3.8, 4) is 0 Å². The summed E-state index contributed by atoms with van der Waals surface area (Å²) >= 11 is 0. The molecule has 2 fully saturated rings. The number of alkyl halides is 3. The van der Waals surface area contributed by atoms with Gasteiger partial charge in [-0.15, -0.1) is 0 Å². The number of likely N-dealkylation sites (tertiary alicyclic amines) is 2. The zero-order valence-electron chi connectivity index (χ0n) is 21.8.